The van der Waals surface area contributed by atoms with Crippen LogP contribution in [-0.2, 0) is 6.54 Å². The van der Waals surface area contributed by atoms with Gasteiger partial charge in [0.1, 0.15) is 5.82 Å². The molecule has 2 heterocycles. The van der Waals surface area contributed by atoms with Crippen LogP contribution in [0, 0.1) is 5.92 Å². The summed E-state index contributed by atoms with van der Waals surface area (Å²) in [4.78, 5) is 6.86. The Kier molecular flexibility index (Phi) is 5.00. The minimum Gasteiger partial charge on any atom is -0.396 e. The molecular weight excluding hydrogens is 250 g/mol. The van der Waals surface area contributed by atoms with Gasteiger partial charge in [0, 0.05) is 38.0 Å². The van der Waals surface area contributed by atoms with Crippen molar-refractivity contribution in [2.75, 3.05) is 24.6 Å². The summed E-state index contributed by atoms with van der Waals surface area (Å²) in [7, 11) is 0. The lowest BCUT2D eigenvalue weighted by atomic mass is 9.99. The van der Waals surface area contributed by atoms with Crippen LogP contribution in [0.2, 0.25) is 0 Å². The van der Waals surface area contributed by atoms with Crippen molar-refractivity contribution in [3.8, 4) is 0 Å². The zero-order valence-electron chi connectivity index (χ0n) is 12.9. The maximum atomic E-state index is 9.29. The molecule has 1 atom stereocenters. The van der Waals surface area contributed by atoms with Crippen LogP contribution in [0.25, 0.3) is 0 Å². The van der Waals surface area contributed by atoms with Gasteiger partial charge in [-0.3, -0.25) is 0 Å². The van der Waals surface area contributed by atoms with Crippen molar-refractivity contribution in [1.29, 1.82) is 0 Å². The van der Waals surface area contributed by atoms with Crippen molar-refractivity contribution in [2.24, 2.45) is 5.92 Å². The van der Waals surface area contributed by atoms with E-state index in [1.165, 1.54) is 5.56 Å². The number of hydrogen-bond acceptors (Lipinski definition) is 4. The van der Waals surface area contributed by atoms with Crippen molar-refractivity contribution in [1.82, 2.24) is 10.3 Å². The molecule has 1 unspecified atom stereocenters. The van der Waals surface area contributed by atoms with E-state index < -0.39 is 0 Å². The fraction of sp³-hybridized carbons (Fsp3) is 0.688. The molecule has 4 heteroatoms. The molecule has 0 radical (unpaired) electrons. The standard InChI is InChI=1S/C16H27N3O/c1-16(2,3)18-10-13-6-7-15(17-9-13)19-8-4-5-14(11-19)12-20/h6-7,9,14,18,20H,4-5,8,10-12H2,1-3H3. The van der Waals surface area contributed by atoms with E-state index in [4.69, 9.17) is 0 Å². The van der Waals surface area contributed by atoms with Crippen LogP contribution in [-0.4, -0.2) is 35.3 Å². The second-order valence-corrected chi connectivity index (χ2v) is 6.77. The summed E-state index contributed by atoms with van der Waals surface area (Å²) >= 11 is 0. The van der Waals surface area contributed by atoms with Gasteiger partial charge in [-0.1, -0.05) is 6.07 Å². The highest BCUT2D eigenvalue weighted by atomic mass is 16.3. The average Bonchev–Trinajstić information content (AvgIpc) is 2.45. The van der Waals surface area contributed by atoms with Crippen LogP contribution in [0.5, 0.6) is 0 Å². The number of piperidine rings is 1. The zero-order valence-corrected chi connectivity index (χ0v) is 12.9. The fourth-order valence-corrected chi connectivity index (χ4v) is 2.50. The molecule has 1 fully saturated rings. The molecule has 1 aromatic heterocycles. The Morgan fingerprint density at radius 3 is 2.80 bits per heavy atom. The number of nitrogens with one attached hydrogen (secondary N) is 1. The molecule has 0 aliphatic carbocycles. The molecule has 0 spiro atoms. The van der Waals surface area contributed by atoms with Gasteiger partial charge in [-0.15, -0.1) is 0 Å². The summed E-state index contributed by atoms with van der Waals surface area (Å²) < 4.78 is 0. The largest absolute Gasteiger partial charge is 0.396 e. The smallest absolute Gasteiger partial charge is 0.128 e. The minimum absolute atomic E-state index is 0.125. The number of nitrogens with zero attached hydrogens (tertiary/aromatic N) is 2. The second kappa shape index (κ2) is 6.55. The van der Waals surface area contributed by atoms with Crippen molar-refractivity contribution in [3.63, 3.8) is 0 Å². The number of rotatable bonds is 4. The molecule has 2 N–H and O–H groups in total. The van der Waals surface area contributed by atoms with Crippen LogP contribution < -0.4 is 10.2 Å². The summed E-state index contributed by atoms with van der Waals surface area (Å²) in [6, 6.07) is 4.24. The van der Waals surface area contributed by atoms with Gasteiger partial charge in [-0.25, -0.2) is 4.98 Å². The van der Waals surface area contributed by atoms with Crippen LogP contribution in [0.1, 0.15) is 39.2 Å². The van der Waals surface area contributed by atoms with E-state index in [9.17, 15) is 5.11 Å². The highest BCUT2D eigenvalue weighted by Gasteiger charge is 2.20. The average molecular weight is 277 g/mol. The number of aliphatic hydroxyl groups excluding tert-OH is 1. The number of pyridine rings is 1. The topological polar surface area (TPSA) is 48.4 Å². The van der Waals surface area contributed by atoms with Gasteiger partial charge < -0.3 is 15.3 Å². The predicted molar refractivity (Wildman–Crippen MR) is 82.9 cm³/mol. The first kappa shape index (κ1) is 15.3. The third-order valence-corrected chi connectivity index (χ3v) is 3.73. The SMILES string of the molecule is CC(C)(C)NCc1ccc(N2CCCC(CO)C2)nc1. The van der Waals surface area contributed by atoms with Crippen LogP contribution in [0.15, 0.2) is 18.3 Å². The Hall–Kier alpha value is -1.13. The van der Waals surface area contributed by atoms with Crippen LogP contribution in [0.4, 0.5) is 5.82 Å². The van der Waals surface area contributed by atoms with Crippen LogP contribution >= 0.6 is 0 Å². The van der Waals surface area contributed by atoms with Gasteiger partial charge >= 0.3 is 0 Å². The van der Waals surface area contributed by atoms with Crippen molar-refractivity contribution < 1.29 is 5.11 Å². The van der Waals surface area contributed by atoms with Gasteiger partial charge in [0.25, 0.3) is 0 Å². The molecule has 0 saturated carbocycles. The summed E-state index contributed by atoms with van der Waals surface area (Å²) in [5.74, 6) is 1.43. The molecule has 0 bridgehead atoms. The van der Waals surface area contributed by atoms with E-state index in [2.05, 4.69) is 48.1 Å². The monoisotopic (exact) mass is 277 g/mol. The molecule has 4 nitrogen and oxygen atoms in total. The summed E-state index contributed by atoms with van der Waals surface area (Å²) in [5.41, 5.74) is 1.33. The lowest BCUT2D eigenvalue weighted by molar-refractivity contribution is 0.208. The quantitative estimate of drug-likeness (QED) is 0.885. The van der Waals surface area contributed by atoms with Gasteiger partial charge in [0.2, 0.25) is 0 Å². The first-order valence-electron chi connectivity index (χ1n) is 7.54. The van der Waals surface area contributed by atoms with E-state index in [1.54, 1.807) is 0 Å². The van der Waals surface area contributed by atoms with Gasteiger partial charge in [-0.2, -0.15) is 0 Å². The van der Waals surface area contributed by atoms with Crippen molar-refractivity contribution in [3.05, 3.63) is 23.9 Å². The summed E-state index contributed by atoms with van der Waals surface area (Å²) in [5, 5.41) is 12.8. The van der Waals surface area contributed by atoms with Gasteiger partial charge in [0.15, 0.2) is 0 Å². The Morgan fingerprint density at radius 1 is 1.40 bits per heavy atom. The number of anilines is 1. The highest BCUT2D eigenvalue weighted by Crippen LogP contribution is 2.21. The Labute approximate surface area is 122 Å². The highest BCUT2D eigenvalue weighted by molar-refractivity contribution is 5.39. The molecule has 1 aliphatic rings. The van der Waals surface area contributed by atoms with Gasteiger partial charge in [0.05, 0.1) is 0 Å². The molecule has 1 saturated heterocycles. The first-order chi connectivity index (χ1) is 9.48. The Balaban J connectivity index is 1.94. The zero-order chi connectivity index (χ0) is 14.6. The molecule has 0 amide bonds. The van der Waals surface area contributed by atoms with Crippen molar-refractivity contribution in [2.45, 2.75) is 45.7 Å². The second-order valence-electron chi connectivity index (χ2n) is 6.77. The minimum atomic E-state index is 0.125. The lowest BCUT2D eigenvalue weighted by Gasteiger charge is -2.32. The molecule has 2 rings (SSSR count). The number of hydrogen-bond donors (Lipinski definition) is 2. The van der Waals surface area contributed by atoms with Crippen molar-refractivity contribution >= 4 is 5.82 Å². The van der Waals surface area contributed by atoms with E-state index in [0.717, 1.165) is 38.3 Å². The third kappa shape index (κ3) is 4.46. The third-order valence-electron chi connectivity index (χ3n) is 3.73. The fourth-order valence-electron chi connectivity index (χ4n) is 2.50. The molecule has 20 heavy (non-hydrogen) atoms. The molecule has 0 aromatic carbocycles. The van der Waals surface area contributed by atoms with E-state index in [1.807, 2.05) is 6.20 Å². The maximum absolute atomic E-state index is 9.29. The van der Waals surface area contributed by atoms with E-state index in [-0.39, 0.29) is 12.1 Å². The molecule has 112 valence electrons. The molecule has 1 aliphatic heterocycles. The maximum Gasteiger partial charge on any atom is 0.128 e. The number of aliphatic hydroxyl groups is 1. The predicted octanol–water partition coefficient (Wildman–Crippen LogP) is 2.18. The van der Waals surface area contributed by atoms with Gasteiger partial charge in [-0.05, 0) is 51.2 Å². The normalized spacial score (nSPS) is 20.2. The first-order valence-corrected chi connectivity index (χ1v) is 7.54. The summed E-state index contributed by atoms with van der Waals surface area (Å²) in [6.45, 7) is 9.58. The van der Waals surface area contributed by atoms with E-state index >= 15 is 0 Å². The molecular formula is C16H27N3O. The van der Waals surface area contributed by atoms with E-state index in [0.29, 0.717) is 5.92 Å². The lowest BCUT2D eigenvalue weighted by Crippen LogP contribution is -2.37. The Morgan fingerprint density at radius 2 is 2.20 bits per heavy atom. The number of aromatic nitrogens is 1. The summed E-state index contributed by atoms with van der Waals surface area (Å²) in [6.07, 6.45) is 4.22. The Bertz CT molecular complexity index is 411. The van der Waals surface area contributed by atoms with Crippen LogP contribution in [0.3, 0.4) is 0 Å². The molecule has 1 aromatic rings.